The normalized spacial score (nSPS) is 12.4. The number of nitrogens with one attached hydrogen (secondary N) is 1. The predicted octanol–water partition coefficient (Wildman–Crippen LogP) is 3.48. The van der Waals surface area contributed by atoms with Crippen molar-refractivity contribution in [2.45, 2.75) is 0 Å². The van der Waals surface area contributed by atoms with Gasteiger partial charge in [-0.1, -0.05) is 35.3 Å². The van der Waals surface area contributed by atoms with E-state index in [9.17, 15) is 9.59 Å². The summed E-state index contributed by atoms with van der Waals surface area (Å²) in [5.74, 6) is 0.116. The fourth-order valence-corrected chi connectivity index (χ4v) is 2.94. The Kier molecular flexibility index (Phi) is 5.54. The Morgan fingerprint density at radius 1 is 1.12 bits per heavy atom. The van der Waals surface area contributed by atoms with Gasteiger partial charge >= 0.3 is 0 Å². The monoisotopic (exact) mass is 394 g/mol. The van der Waals surface area contributed by atoms with Crippen molar-refractivity contribution in [1.82, 2.24) is 4.90 Å². The molecule has 0 aliphatic carbocycles. The van der Waals surface area contributed by atoms with E-state index in [1.165, 1.54) is 18.0 Å². The Bertz CT molecular complexity index is 857. The maximum absolute atomic E-state index is 12.6. The van der Waals surface area contributed by atoms with Gasteiger partial charge in [0.15, 0.2) is 11.5 Å². The summed E-state index contributed by atoms with van der Waals surface area (Å²) in [6, 6.07) is 9.93. The molecule has 136 valence electrons. The maximum atomic E-state index is 12.6. The van der Waals surface area contributed by atoms with Crippen molar-refractivity contribution in [1.29, 1.82) is 0 Å². The quantitative estimate of drug-likeness (QED) is 0.861. The average Bonchev–Trinajstić information content (AvgIpc) is 2.63. The summed E-state index contributed by atoms with van der Waals surface area (Å²) in [7, 11) is 1.53. The first-order valence-corrected chi connectivity index (χ1v) is 8.60. The number of nitrogens with zero attached hydrogens (tertiary/aromatic N) is 1. The van der Waals surface area contributed by atoms with Crippen molar-refractivity contribution in [3.05, 3.63) is 52.0 Å². The molecule has 0 spiro atoms. The average molecular weight is 395 g/mol. The highest BCUT2D eigenvalue weighted by Crippen LogP contribution is 2.38. The molecular formula is C18H16Cl2N2O4. The number of hydrogen-bond donors (Lipinski definition) is 1. The second kappa shape index (κ2) is 7.85. The molecule has 0 radical (unpaired) electrons. The van der Waals surface area contributed by atoms with Crippen LogP contribution >= 0.6 is 23.2 Å². The summed E-state index contributed by atoms with van der Waals surface area (Å²) in [4.78, 5) is 26.1. The standard InChI is InChI=1S/C18H16Cl2N2O4/c1-22(10-16(23)21-14-5-3-2-4-12(14)19)18(24)11-8-13(20)17-15(9-11)25-6-7-26-17/h2-5,8-9H,6-7,10H2,1H3,(H,21,23). The summed E-state index contributed by atoms with van der Waals surface area (Å²) < 4.78 is 10.9. The third-order valence-corrected chi connectivity index (χ3v) is 4.33. The zero-order valence-corrected chi connectivity index (χ0v) is 15.4. The fourth-order valence-electron chi connectivity index (χ4n) is 2.49. The summed E-state index contributed by atoms with van der Waals surface area (Å²) in [5, 5.41) is 3.39. The van der Waals surface area contributed by atoms with E-state index in [1.807, 2.05) is 0 Å². The molecular weight excluding hydrogens is 379 g/mol. The molecule has 6 nitrogen and oxygen atoms in total. The van der Waals surface area contributed by atoms with Gasteiger partial charge in [0, 0.05) is 12.6 Å². The molecule has 26 heavy (non-hydrogen) atoms. The van der Waals surface area contributed by atoms with Crippen molar-refractivity contribution in [3.8, 4) is 11.5 Å². The van der Waals surface area contributed by atoms with Crippen LogP contribution in [-0.2, 0) is 4.79 Å². The minimum Gasteiger partial charge on any atom is -0.486 e. The molecule has 3 rings (SSSR count). The number of halogens is 2. The summed E-state index contributed by atoms with van der Waals surface area (Å²) >= 11 is 12.2. The number of carbonyl (C=O) groups is 2. The number of amides is 2. The van der Waals surface area contributed by atoms with E-state index in [-0.39, 0.29) is 18.4 Å². The van der Waals surface area contributed by atoms with Crippen LogP contribution in [0.4, 0.5) is 5.69 Å². The van der Waals surface area contributed by atoms with Crippen LogP contribution in [-0.4, -0.2) is 43.5 Å². The molecule has 0 saturated carbocycles. The minimum atomic E-state index is -0.363. The molecule has 0 fully saturated rings. The first-order chi connectivity index (χ1) is 12.5. The minimum absolute atomic E-state index is 0.143. The van der Waals surface area contributed by atoms with E-state index in [2.05, 4.69) is 5.32 Å². The lowest BCUT2D eigenvalue weighted by molar-refractivity contribution is -0.116. The largest absolute Gasteiger partial charge is 0.486 e. The number of rotatable bonds is 4. The van der Waals surface area contributed by atoms with E-state index >= 15 is 0 Å². The molecule has 0 saturated heterocycles. The number of carbonyl (C=O) groups excluding carboxylic acids is 2. The molecule has 2 aromatic carbocycles. The lowest BCUT2D eigenvalue weighted by Crippen LogP contribution is -2.35. The molecule has 2 amide bonds. The molecule has 1 heterocycles. The molecule has 1 aliphatic rings. The Morgan fingerprint density at radius 2 is 1.85 bits per heavy atom. The Hall–Kier alpha value is -2.44. The Balaban J connectivity index is 1.69. The highest BCUT2D eigenvalue weighted by atomic mass is 35.5. The number of hydrogen-bond acceptors (Lipinski definition) is 4. The molecule has 8 heteroatoms. The number of anilines is 1. The van der Waals surface area contributed by atoms with Crippen LogP contribution in [0, 0.1) is 0 Å². The summed E-state index contributed by atoms with van der Waals surface area (Å²) in [6.45, 7) is 0.648. The maximum Gasteiger partial charge on any atom is 0.254 e. The van der Waals surface area contributed by atoms with Gasteiger partial charge in [-0.05, 0) is 24.3 Å². The van der Waals surface area contributed by atoms with Crippen LogP contribution in [0.2, 0.25) is 10.0 Å². The van der Waals surface area contributed by atoms with Crippen LogP contribution in [0.3, 0.4) is 0 Å². The van der Waals surface area contributed by atoms with Gasteiger partial charge in [-0.2, -0.15) is 0 Å². The smallest absolute Gasteiger partial charge is 0.254 e. The highest BCUT2D eigenvalue weighted by molar-refractivity contribution is 6.33. The van der Waals surface area contributed by atoms with Crippen molar-refractivity contribution in [3.63, 3.8) is 0 Å². The number of ether oxygens (including phenoxy) is 2. The third kappa shape index (κ3) is 4.03. The van der Waals surface area contributed by atoms with Gasteiger partial charge in [0.1, 0.15) is 13.2 Å². The fraction of sp³-hybridized carbons (Fsp3) is 0.222. The van der Waals surface area contributed by atoms with E-state index < -0.39 is 0 Å². The SMILES string of the molecule is CN(CC(=O)Nc1ccccc1Cl)C(=O)c1cc(Cl)c2c(c1)OCCO2. The van der Waals surface area contributed by atoms with Gasteiger partial charge in [-0.25, -0.2) is 0 Å². The lowest BCUT2D eigenvalue weighted by atomic mass is 10.1. The molecule has 0 unspecified atom stereocenters. The second-order valence-corrected chi connectivity index (χ2v) is 6.49. The molecule has 0 bridgehead atoms. The zero-order valence-electron chi connectivity index (χ0n) is 13.9. The van der Waals surface area contributed by atoms with Crippen LogP contribution in [0.25, 0.3) is 0 Å². The van der Waals surface area contributed by atoms with Crippen molar-refractivity contribution in [2.75, 3.05) is 32.1 Å². The summed E-state index contributed by atoms with van der Waals surface area (Å²) in [5.41, 5.74) is 0.801. The summed E-state index contributed by atoms with van der Waals surface area (Å²) in [6.07, 6.45) is 0. The highest BCUT2D eigenvalue weighted by Gasteiger charge is 2.22. The van der Waals surface area contributed by atoms with E-state index in [0.717, 1.165) is 0 Å². The third-order valence-electron chi connectivity index (χ3n) is 3.72. The lowest BCUT2D eigenvalue weighted by Gasteiger charge is -2.22. The zero-order chi connectivity index (χ0) is 18.7. The van der Waals surface area contributed by atoms with Gasteiger partial charge < -0.3 is 19.7 Å². The first kappa shape index (κ1) is 18.4. The van der Waals surface area contributed by atoms with Crippen LogP contribution < -0.4 is 14.8 Å². The van der Waals surface area contributed by atoms with Gasteiger partial charge in [0.2, 0.25) is 5.91 Å². The van der Waals surface area contributed by atoms with Gasteiger partial charge in [-0.3, -0.25) is 9.59 Å². The second-order valence-electron chi connectivity index (χ2n) is 5.67. The van der Waals surface area contributed by atoms with E-state index in [4.69, 9.17) is 32.7 Å². The molecule has 1 N–H and O–H groups in total. The number of likely N-dealkylation sites (N-methyl/N-ethyl adjacent to an activating group) is 1. The van der Waals surface area contributed by atoms with Crippen molar-refractivity contribution in [2.24, 2.45) is 0 Å². The molecule has 2 aromatic rings. The first-order valence-electron chi connectivity index (χ1n) is 7.84. The van der Waals surface area contributed by atoms with Crippen LogP contribution in [0.1, 0.15) is 10.4 Å². The van der Waals surface area contributed by atoms with E-state index in [0.29, 0.717) is 46.0 Å². The van der Waals surface area contributed by atoms with Crippen LogP contribution in [0.15, 0.2) is 36.4 Å². The number of para-hydroxylation sites is 1. The number of benzene rings is 2. The van der Waals surface area contributed by atoms with Gasteiger partial charge in [0.05, 0.1) is 22.3 Å². The van der Waals surface area contributed by atoms with Crippen LogP contribution in [0.5, 0.6) is 11.5 Å². The Morgan fingerprint density at radius 3 is 2.62 bits per heavy atom. The van der Waals surface area contributed by atoms with Gasteiger partial charge in [0.25, 0.3) is 5.91 Å². The predicted molar refractivity (Wildman–Crippen MR) is 99.5 cm³/mol. The molecule has 1 aliphatic heterocycles. The van der Waals surface area contributed by atoms with Crippen molar-refractivity contribution >= 4 is 40.7 Å². The molecule has 0 aromatic heterocycles. The topological polar surface area (TPSA) is 67.9 Å². The van der Waals surface area contributed by atoms with Gasteiger partial charge in [-0.15, -0.1) is 0 Å². The molecule has 0 atom stereocenters. The number of fused-ring (bicyclic) bond motifs is 1. The Labute approximate surface area is 160 Å². The van der Waals surface area contributed by atoms with Crippen molar-refractivity contribution < 1.29 is 19.1 Å². The van der Waals surface area contributed by atoms with E-state index in [1.54, 1.807) is 30.3 Å².